The molecule has 0 aliphatic carbocycles. The molecular formula is C17H19NO2. The summed E-state index contributed by atoms with van der Waals surface area (Å²) in [6.07, 6.45) is 0. The third kappa shape index (κ3) is 2.75. The Morgan fingerprint density at radius 3 is 2.30 bits per heavy atom. The van der Waals surface area contributed by atoms with E-state index in [1.807, 2.05) is 41.5 Å². The van der Waals surface area contributed by atoms with Crippen LogP contribution in [0.1, 0.15) is 17.2 Å². The molecule has 104 valence electrons. The lowest BCUT2D eigenvalue weighted by molar-refractivity contribution is -0.141. The molecule has 1 N–H and O–H groups in total. The standard InChI is InChI=1S/C17H19NO2/c19-12-16-13-20-18(11-14-7-3-1-4-8-14)17(16)15-9-5-2-6-10-15/h1-10,16-17,19H,11-13H2/t16-,17+/m0/s1. The molecule has 1 heterocycles. The maximum atomic E-state index is 9.57. The van der Waals surface area contributed by atoms with Crippen LogP contribution in [0.3, 0.4) is 0 Å². The zero-order valence-electron chi connectivity index (χ0n) is 11.4. The number of hydrogen-bond donors (Lipinski definition) is 1. The molecule has 1 saturated heterocycles. The normalized spacial score (nSPS) is 23.1. The smallest absolute Gasteiger partial charge is 0.0754 e. The molecule has 0 bridgehead atoms. The maximum Gasteiger partial charge on any atom is 0.0754 e. The van der Waals surface area contributed by atoms with E-state index in [0.29, 0.717) is 6.61 Å². The van der Waals surface area contributed by atoms with Gasteiger partial charge in [0.2, 0.25) is 0 Å². The third-order valence-corrected chi connectivity index (χ3v) is 3.77. The van der Waals surface area contributed by atoms with Gasteiger partial charge in [-0.3, -0.25) is 4.84 Å². The van der Waals surface area contributed by atoms with Crippen LogP contribution < -0.4 is 0 Å². The van der Waals surface area contributed by atoms with Crippen molar-refractivity contribution in [2.45, 2.75) is 12.6 Å². The minimum Gasteiger partial charge on any atom is -0.396 e. The minimum absolute atomic E-state index is 0.112. The Labute approximate surface area is 119 Å². The fraction of sp³-hybridized carbons (Fsp3) is 0.294. The summed E-state index contributed by atoms with van der Waals surface area (Å²) in [6.45, 7) is 1.45. The topological polar surface area (TPSA) is 32.7 Å². The first kappa shape index (κ1) is 13.3. The van der Waals surface area contributed by atoms with Crippen LogP contribution in [0.2, 0.25) is 0 Å². The van der Waals surface area contributed by atoms with Gasteiger partial charge in [-0.1, -0.05) is 60.7 Å². The first-order valence-electron chi connectivity index (χ1n) is 6.98. The Balaban J connectivity index is 1.83. The second kappa shape index (κ2) is 6.18. The number of hydroxylamine groups is 2. The summed E-state index contributed by atoms with van der Waals surface area (Å²) >= 11 is 0. The predicted molar refractivity (Wildman–Crippen MR) is 77.7 cm³/mol. The second-order valence-corrected chi connectivity index (χ2v) is 5.15. The molecule has 1 aliphatic rings. The fourth-order valence-electron chi connectivity index (χ4n) is 2.75. The van der Waals surface area contributed by atoms with Crippen LogP contribution in [-0.2, 0) is 11.4 Å². The molecule has 0 amide bonds. The molecule has 2 aromatic carbocycles. The van der Waals surface area contributed by atoms with Crippen LogP contribution in [0, 0.1) is 5.92 Å². The molecule has 20 heavy (non-hydrogen) atoms. The van der Waals surface area contributed by atoms with Crippen molar-refractivity contribution in [1.29, 1.82) is 0 Å². The first-order chi connectivity index (χ1) is 9.88. The Morgan fingerprint density at radius 1 is 1.00 bits per heavy atom. The summed E-state index contributed by atoms with van der Waals surface area (Å²) in [6, 6.07) is 20.6. The average molecular weight is 269 g/mol. The maximum absolute atomic E-state index is 9.57. The molecule has 0 unspecified atom stereocenters. The van der Waals surface area contributed by atoms with Crippen molar-refractivity contribution in [1.82, 2.24) is 5.06 Å². The zero-order chi connectivity index (χ0) is 13.8. The van der Waals surface area contributed by atoms with Gasteiger partial charge in [0.25, 0.3) is 0 Å². The van der Waals surface area contributed by atoms with Gasteiger partial charge in [-0.05, 0) is 11.1 Å². The Hall–Kier alpha value is -1.68. The van der Waals surface area contributed by atoms with E-state index in [9.17, 15) is 5.11 Å². The van der Waals surface area contributed by atoms with Gasteiger partial charge in [-0.25, -0.2) is 0 Å². The van der Waals surface area contributed by atoms with Crippen LogP contribution in [0.25, 0.3) is 0 Å². The number of aliphatic hydroxyl groups excluding tert-OH is 1. The summed E-state index contributed by atoms with van der Waals surface area (Å²) in [7, 11) is 0. The number of benzene rings is 2. The molecule has 3 nitrogen and oxygen atoms in total. The lowest BCUT2D eigenvalue weighted by atomic mass is 9.95. The number of hydrogen-bond acceptors (Lipinski definition) is 3. The molecule has 3 heteroatoms. The highest BCUT2D eigenvalue weighted by Crippen LogP contribution is 2.35. The van der Waals surface area contributed by atoms with E-state index in [0.717, 1.165) is 6.54 Å². The summed E-state index contributed by atoms with van der Waals surface area (Å²) in [5.74, 6) is 0.126. The quantitative estimate of drug-likeness (QED) is 0.926. The summed E-state index contributed by atoms with van der Waals surface area (Å²) in [5.41, 5.74) is 2.41. The number of rotatable bonds is 4. The average Bonchev–Trinajstić information content (AvgIpc) is 2.92. The van der Waals surface area contributed by atoms with Crippen LogP contribution >= 0.6 is 0 Å². The van der Waals surface area contributed by atoms with E-state index in [-0.39, 0.29) is 18.6 Å². The third-order valence-electron chi connectivity index (χ3n) is 3.77. The van der Waals surface area contributed by atoms with E-state index < -0.39 is 0 Å². The van der Waals surface area contributed by atoms with Gasteiger partial charge >= 0.3 is 0 Å². The van der Waals surface area contributed by atoms with Gasteiger partial charge in [-0.2, -0.15) is 5.06 Å². The highest BCUT2D eigenvalue weighted by atomic mass is 16.7. The second-order valence-electron chi connectivity index (χ2n) is 5.15. The van der Waals surface area contributed by atoms with Gasteiger partial charge in [0, 0.05) is 12.5 Å². The molecule has 1 aliphatic heterocycles. The van der Waals surface area contributed by atoms with Gasteiger partial charge in [0.15, 0.2) is 0 Å². The summed E-state index contributed by atoms with van der Waals surface area (Å²) in [5, 5.41) is 11.6. The van der Waals surface area contributed by atoms with E-state index in [4.69, 9.17) is 4.84 Å². The van der Waals surface area contributed by atoms with E-state index in [1.54, 1.807) is 0 Å². The van der Waals surface area contributed by atoms with E-state index in [1.165, 1.54) is 11.1 Å². The van der Waals surface area contributed by atoms with Crippen molar-refractivity contribution in [3.63, 3.8) is 0 Å². The molecular weight excluding hydrogens is 250 g/mol. The van der Waals surface area contributed by atoms with Crippen molar-refractivity contribution in [2.24, 2.45) is 5.92 Å². The summed E-state index contributed by atoms with van der Waals surface area (Å²) < 4.78 is 0. The van der Waals surface area contributed by atoms with Gasteiger partial charge in [0.05, 0.1) is 19.3 Å². The molecule has 2 atom stereocenters. The molecule has 0 radical (unpaired) electrons. The predicted octanol–water partition coefficient (Wildman–Crippen LogP) is 2.78. The van der Waals surface area contributed by atoms with Crippen LogP contribution in [-0.4, -0.2) is 23.4 Å². The first-order valence-corrected chi connectivity index (χ1v) is 6.98. The van der Waals surface area contributed by atoms with Crippen molar-refractivity contribution >= 4 is 0 Å². The molecule has 2 aromatic rings. The summed E-state index contributed by atoms with van der Waals surface area (Å²) in [4.78, 5) is 5.80. The molecule has 3 rings (SSSR count). The fourth-order valence-corrected chi connectivity index (χ4v) is 2.75. The number of nitrogens with zero attached hydrogens (tertiary/aromatic N) is 1. The molecule has 0 saturated carbocycles. The SMILES string of the molecule is OC[C@H]1CON(Cc2ccccc2)[C@@H]1c1ccccc1. The Morgan fingerprint density at radius 2 is 1.65 bits per heavy atom. The van der Waals surface area contributed by atoms with Crippen molar-refractivity contribution in [2.75, 3.05) is 13.2 Å². The van der Waals surface area contributed by atoms with Crippen LogP contribution in [0.4, 0.5) is 0 Å². The zero-order valence-corrected chi connectivity index (χ0v) is 11.4. The van der Waals surface area contributed by atoms with Crippen LogP contribution in [0.15, 0.2) is 60.7 Å². The van der Waals surface area contributed by atoms with Gasteiger partial charge < -0.3 is 5.11 Å². The molecule has 1 fully saturated rings. The van der Waals surface area contributed by atoms with Crippen molar-refractivity contribution in [3.05, 3.63) is 71.8 Å². The minimum atomic E-state index is 0.112. The van der Waals surface area contributed by atoms with Gasteiger partial charge in [-0.15, -0.1) is 0 Å². The Kier molecular flexibility index (Phi) is 4.11. The molecule has 0 aromatic heterocycles. The largest absolute Gasteiger partial charge is 0.396 e. The lowest BCUT2D eigenvalue weighted by Gasteiger charge is -2.25. The number of aliphatic hydroxyl groups is 1. The monoisotopic (exact) mass is 269 g/mol. The van der Waals surface area contributed by atoms with Gasteiger partial charge in [0.1, 0.15) is 0 Å². The van der Waals surface area contributed by atoms with Crippen molar-refractivity contribution < 1.29 is 9.94 Å². The highest BCUT2D eigenvalue weighted by molar-refractivity contribution is 5.21. The highest BCUT2D eigenvalue weighted by Gasteiger charge is 2.36. The van der Waals surface area contributed by atoms with Crippen LogP contribution in [0.5, 0.6) is 0 Å². The van der Waals surface area contributed by atoms with E-state index in [2.05, 4.69) is 24.3 Å². The lowest BCUT2D eigenvalue weighted by Crippen LogP contribution is -2.25. The molecule has 0 spiro atoms. The van der Waals surface area contributed by atoms with E-state index >= 15 is 0 Å². The van der Waals surface area contributed by atoms with Crippen molar-refractivity contribution in [3.8, 4) is 0 Å². The Bertz CT molecular complexity index is 529.